The predicted octanol–water partition coefficient (Wildman–Crippen LogP) is 2.57. The molecule has 0 aromatic carbocycles. The Morgan fingerprint density at radius 3 is 2.69 bits per heavy atom. The molecule has 3 nitrogen and oxygen atoms in total. The molecule has 0 radical (unpaired) electrons. The highest BCUT2D eigenvalue weighted by Gasteiger charge is 2.29. The molecule has 4 heteroatoms. The van der Waals surface area contributed by atoms with Gasteiger partial charge in [0, 0.05) is 30.9 Å². The summed E-state index contributed by atoms with van der Waals surface area (Å²) in [4.78, 5) is 8.30. The number of hydrogen-bond donors (Lipinski definition) is 1. The summed E-state index contributed by atoms with van der Waals surface area (Å²) < 4.78 is 0. The maximum absolute atomic E-state index is 5.78. The summed E-state index contributed by atoms with van der Waals surface area (Å²) in [5.41, 5.74) is 7.06. The van der Waals surface area contributed by atoms with E-state index in [0.29, 0.717) is 18.4 Å². The second-order valence-electron chi connectivity index (χ2n) is 5.06. The minimum absolute atomic E-state index is 0.638. The van der Waals surface area contributed by atoms with Crippen LogP contribution in [0.5, 0.6) is 0 Å². The third kappa shape index (κ3) is 2.55. The van der Waals surface area contributed by atoms with Crippen LogP contribution in [0.4, 0.5) is 5.13 Å². The topological polar surface area (TPSA) is 42.2 Å². The fourth-order valence-corrected chi connectivity index (χ4v) is 2.96. The van der Waals surface area contributed by atoms with Gasteiger partial charge in [0.15, 0.2) is 5.13 Å². The average molecular weight is 239 g/mol. The van der Waals surface area contributed by atoms with Crippen molar-refractivity contribution < 1.29 is 0 Å². The summed E-state index contributed by atoms with van der Waals surface area (Å²) in [6.45, 7) is 6.16. The molecule has 0 saturated heterocycles. The zero-order valence-electron chi connectivity index (χ0n) is 10.4. The highest BCUT2D eigenvalue weighted by Crippen LogP contribution is 2.43. The van der Waals surface area contributed by atoms with Gasteiger partial charge in [0.1, 0.15) is 0 Å². The van der Waals surface area contributed by atoms with Gasteiger partial charge in [-0.3, -0.25) is 0 Å². The molecule has 0 amide bonds. The summed E-state index contributed by atoms with van der Waals surface area (Å²) in [5.74, 6) is 1.37. The van der Waals surface area contributed by atoms with Gasteiger partial charge in [-0.25, -0.2) is 4.98 Å². The monoisotopic (exact) mass is 239 g/mol. The van der Waals surface area contributed by atoms with E-state index < -0.39 is 0 Å². The zero-order valence-corrected chi connectivity index (χ0v) is 11.2. The maximum atomic E-state index is 5.78. The molecule has 2 N–H and O–H groups in total. The van der Waals surface area contributed by atoms with E-state index in [4.69, 9.17) is 10.7 Å². The van der Waals surface area contributed by atoms with Crippen LogP contribution in [-0.2, 0) is 6.54 Å². The Hall–Kier alpha value is -0.610. The molecule has 0 atom stereocenters. The number of hydrogen-bond acceptors (Lipinski definition) is 4. The molecule has 1 heterocycles. The van der Waals surface area contributed by atoms with Crippen molar-refractivity contribution in [3.05, 3.63) is 10.6 Å². The van der Waals surface area contributed by atoms with Crippen LogP contribution in [0.1, 0.15) is 43.2 Å². The first-order valence-electron chi connectivity index (χ1n) is 6.02. The number of rotatable bonds is 5. The standard InChI is InChI=1S/C12H21N3S/c1-8(2)7-15(3)12-14-11(9-4-5-9)10(6-13)16-12/h8-9H,4-7,13H2,1-3H3. The lowest BCUT2D eigenvalue weighted by Crippen LogP contribution is -2.22. The van der Waals surface area contributed by atoms with Gasteiger partial charge in [0.05, 0.1) is 5.69 Å². The van der Waals surface area contributed by atoms with Crippen molar-refractivity contribution in [1.82, 2.24) is 4.98 Å². The van der Waals surface area contributed by atoms with Crippen molar-refractivity contribution in [2.45, 2.75) is 39.2 Å². The second kappa shape index (κ2) is 4.72. The van der Waals surface area contributed by atoms with Gasteiger partial charge < -0.3 is 10.6 Å². The summed E-state index contributed by atoms with van der Waals surface area (Å²) in [5, 5.41) is 1.14. The van der Waals surface area contributed by atoms with Crippen molar-refractivity contribution in [3.63, 3.8) is 0 Å². The maximum Gasteiger partial charge on any atom is 0.185 e. The van der Waals surface area contributed by atoms with E-state index in [9.17, 15) is 0 Å². The van der Waals surface area contributed by atoms with Gasteiger partial charge in [-0.1, -0.05) is 13.8 Å². The molecule has 0 unspecified atom stereocenters. The lowest BCUT2D eigenvalue weighted by molar-refractivity contribution is 0.637. The van der Waals surface area contributed by atoms with Gasteiger partial charge in [-0.2, -0.15) is 0 Å². The average Bonchev–Trinajstić information content (AvgIpc) is 2.96. The van der Waals surface area contributed by atoms with Crippen molar-refractivity contribution in [1.29, 1.82) is 0 Å². The Morgan fingerprint density at radius 1 is 1.50 bits per heavy atom. The summed E-state index contributed by atoms with van der Waals surface area (Å²) in [6.07, 6.45) is 2.59. The molecule has 16 heavy (non-hydrogen) atoms. The van der Waals surface area contributed by atoms with E-state index in [1.165, 1.54) is 23.4 Å². The van der Waals surface area contributed by atoms with Crippen LogP contribution in [0, 0.1) is 5.92 Å². The highest BCUT2D eigenvalue weighted by atomic mass is 32.1. The minimum Gasteiger partial charge on any atom is -0.351 e. The smallest absolute Gasteiger partial charge is 0.185 e. The zero-order chi connectivity index (χ0) is 11.7. The molecule has 1 aliphatic carbocycles. The van der Waals surface area contributed by atoms with E-state index in [-0.39, 0.29) is 0 Å². The van der Waals surface area contributed by atoms with Gasteiger partial charge in [-0.05, 0) is 18.8 Å². The third-order valence-electron chi connectivity index (χ3n) is 2.83. The molecule has 1 aromatic rings. The summed E-state index contributed by atoms with van der Waals surface area (Å²) >= 11 is 1.77. The normalized spacial score (nSPS) is 15.8. The van der Waals surface area contributed by atoms with E-state index in [1.807, 2.05) is 0 Å². The Morgan fingerprint density at radius 2 is 2.19 bits per heavy atom. The number of nitrogens with zero attached hydrogens (tertiary/aromatic N) is 2. The summed E-state index contributed by atoms with van der Waals surface area (Å²) in [7, 11) is 2.12. The Labute approximate surface area is 102 Å². The first-order valence-corrected chi connectivity index (χ1v) is 6.84. The fraction of sp³-hybridized carbons (Fsp3) is 0.750. The van der Waals surface area contributed by atoms with E-state index in [1.54, 1.807) is 11.3 Å². The van der Waals surface area contributed by atoms with Gasteiger partial charge in [0.2, 0.25) is 0 Å². The molecule has 1 fully saturated rings. The van der Waals surface area contributed by atoms with Gasteiger partial charge in [-0.15, -0.1) is 11.3 Å². The SMILES string of the molecule is CC(C)CN(C)c1nc(C2CC2)c(CN)s1. The summed E-state index contributed by atoms with van der Waals surface area (Å²) in [6, 6.07) is 0. The molecule has 0 spiro atoms. The van der Waals surface area contributed by atoms with Gasteiger partial charge in [0.25, 0.3) is 0 Å². The molecule has 1 aliphatic rings. The first kappa shape index (κ1) is 11.9. The molecular weight excluding hydrogens is 218 g/mol. The van der Waals surface area contributed by atoms with Crippen LogP contribution in [-0.4, -0.2) is 18.6 Å². The van der Waals surface area contributed by atoms with E-state index in [2.05, 4.69) is 25.8 Å². The van der Waals surface area contributed by atoms with Crippen LogP contribution >= 0.6 is 11.3 Å². The molecule has 90 valence electrons. The largest absolute Gasteiger partial charge is 0.351 e. The van der Waals surface area contributed by atoms with Crippen LogP contribution in [0.15, 0.2) is 0 Å². The van der Waals surface area contributed by atoms with Crippen LogP contribution in [0.3, 0.4) is 0 Å². The quantitative estimate of drug-likeness (QED) is 0.858. The molecule has 1 aromatic heterocycles. The second-order valence-corrected chi connectivity index (χ2v) is 6.12. The van der Waals surface area contributed by atoms with Crippen LogP contribution < -0.4 is 10.6 Å². The lowest BCUT2D eigenvalue weighted by Gasteiger charge is -2.17. The lowest BCUT2D eigenvalue weighted by atomic mass is 10.2. The van der Waals surface area contributed by atoms with Crippen LogP contribution in [0.25, 0.3) is 0 Å². The number of aromatic nitrogens is 1. The first-order chi connectivity index (χ1) is 7.61. The minimum atomic E-state index is 0.638. The van der Waals surface area contributed by atoms with Crippen molar-refractivity contribution in [2.24, 2.45) is 11.7 Å². The third-order valence-corrected chi connectivity index (χ3v) is 4.04. The Balaban J connectivity index is 2.14. The number of thiazole rings is 1. The molecular formula is C12H21N3S. The molecule has 1 saturated carbocycles. The van der Waals surface area contributed by atoms with E-state index >= 15 is 0 Å². The Bertz CT molecular complexity index is 355. The number of anilines is 1. The van der Waals surface area contributed by atoms with Gasteiger partial charge >= 0.3 is 0 Å². The van der Waals surface area contributed by atoms with Crippen molar-refractivity contribution >= 4 is 16.5 Å². The fourth-order valence-electron chi connectivity index (χ4n) is 1.96. The Kier molecular flexibility index (Phi) is 3.50. The highest BCUT2D eigenvalue weighted by molar-refractivity contribution is 7.15. The van der Waals surface area contributed by atoms with Crippen molar-refractivity contribution in [3.8, 4) is 0 Å². The predicted molar refractivity (Wildman–Crippen MR) is 70.1 cm³/mol. The number of nitrogens with two attached hydrogens (primary N) is 1. The molecule has 0 bridgehead atoms. The molecule has 0 aliphatic heterocycles. The van der Waals surface area contributed by atoms with Crippen molar-refractivity contribution in [2.75, 3.05) is 18.5 Å². The van der Waals surface area contributed by atoms with E-state index in [0.717, 1.165) is 11.7 Å². The van der Waals surface area contributed by atoms with Crippen LogP contribution in [0.2, 0.25) is 0 Å². The molecule has 2 rings (SSSR count).